The van der Waals surface area contributed by atoms with Crippen molar-refractivity contribution < 1.29 is 9.53 Å². The molecule has 7 nitrogen and oxygen atoms in total. The first-order valence-electron chi connectivity index (χ1n) is 11.9. The largest absolute Gasteiger partial charge is 0.496 e. The van der Waals surface area contributed by atoms with Gasteiger partial charge in [0.05, 0.1) is 12.7 Å². The first kappa shape index (κ1) is 27.1. The Labute approximate surface area is 204 Å². The summed E-state index contributed by atoms with van der Waals surface area (Å²) in [7, 11) is 3.65. The molecular formula is C27H39N5O2. The first-order chi connectivity index (χ1) is 16.2. The minimum atomic E-state index is -0.264. The molecule has 184 valence electrons. The highest BCUT2D eigenvalue weighted by atomic mass is 16.5. The number of methoxy groups -OCH3 is 1. The SMILES string of the molecule is C=C(/C=C\C=C(/C)C(=N)N1C(=N)CCC1C)NC(=O)c1cc2c(cc1OC)CCN(C)C2.CC. The highest BCUT2D eigenvalue weighted by Gasteiger charge is 2.28. The molecule has 2 aliphatic heterocycles. The van der Waals surface area contributed by atoms with Gasteiger partial charge in [0, 0.05) is 31.2 Å². The van der Waals surface area contributed by atoms with Crippen LogP contribution in [0.4, 0.5) is 0 Å². The molecule has 0 radical (unpaired) electrons. The first-order valence-corrected chi connectivity index (χ1v) is 11.9. The monoisotopic (exact) mass is 465 g/mol. The molecule has 2 aliphatic rings. The summed E-state index contributed by atoms with van der Waals surface area (Å²) in [5.74, 6) is 1.12. The van der Waals surface area contributed by atoms with Crippen molar-refractivity contribution in [1.29, 1.82) is 10.8 Å². The molecule has 1 unspecified atom stereocenters. The van der Waals surface area contributed by atoms with Crippen molar-refractivity contribution in [3.05, 3.63) is 64.9 Å². The normalized spacial score (nSPS) is 18.3. The molecule has 0 aromatic heterocycles. The number of amidine groups is 2. The maximum atomic E-state index is 12.9. The molecule has 1 saturated heterocycles. The highest BCUT2D eigenvalue weighted by molar-refractivity contribution is 6.07. The number of benzene rings is 1. The second kappa shape index (κ2) is 12.3. The average molecular weight is 466 g/mol. The number of ether oxygens (including phenoxy) is 1. The Balaban J connectivity index is 0.00000199. The molecule has 0 saturated carbocycles. The number of likely N-dealkylation sites (N-methyl/N-ethyl adjacent to an activating group) is 1. The lowest BCUT2D eigenvalue weighted by Crippen LogP contribution is -2.36. The maximum absolute atomic E-state index is 12.9. The lowest BCUT2D eigenvalue weighted by molar-refractivity contribution is 0.0964. The Morgan fingerprint density at radius 2 is 1.97 bits per heavy atom. The van der Waals surface area contributed by atoms with E-state index in [9.17, 15) is 4.79 Å². The van der Waals surface area contributed by atoms with Crippen LogP contribution in [0, 0.1) is 10.8 Å². The topological polar surface area (TPSA) is 92.5 Å². The van der Waals surface area contributed by atoms with Crippen molar-refractivity contribution in [3.8, 4) is 5.75 Å². The van der Waals surface area contributed by atoms with Crippen LogP contribution in [0.1, 0.15) is 62.0 Å². The van der Waals surface area contributed by atoms with E-state index in [1.165, 1.54) is 5.56 Å². The number of nitrogens with zero attached hydrogens (tertiary/aromatic N) is 2. The number of carbonyl (C=O) groups is 1. The van der Waals surface area contributed by atoms with E-state index < -0.39 is 0 Å². The van der Waals surface area contributed by atoms with Gasteiger partial charge >= 0.3 is 0 Å². The van der Waals surface area contributed by atoms with Crippen LogP contribution in [-0.4, -0.2) is 54.1 Å². The van der Waals surface area contributed by atoms with Gasteiger partial charge in [-0.25, -0.2) is 0 Å². The van der Waals surface area contributed by atoms with Crippen LogP contribution in [-0.2, 0) is 13.0 Å². The van der Waals surface area contributed by atoms with Gasteiger partial charge in [-0.3, -0.25) is 15.6 Å². The Hall–Kier alpha value is -3.19. The smallest absolute Gasteiger partial charge is 0.259 e. The molecule has 34 heavy (non-hydrogen) atoms. The molecule has 7 heteroatoms. The number of allylic oxidation sites excluding steroid dienone is 3. The third-order valence-electron chi connectivity index (χ3n) is 6.03. The van der Waals surface area contributed by atoms with E-state index in [0.717, 1.165) is 37.1 Å². The zero-order chi connectivity index (χ0) is 25.4. The van der Waals surface area contributed by atoms with E-state index >= 15 is 0 Å². The molecule has 0 spiro atoms. The molecule has 3 N–H and O–H groups in total. The minimum absolute atomic E-state index is 0.169. The number of hydrogen-bond acceptors (Lipinski definition) is 5. The van der Waals surface area contributed by atoms with Crippen molar-refractivity contribution in [2.24, 2.45) is 0 Å². The molecule has 1 amide bonds. The number of carbonyl (C=O) groups excluding carboxylic acids is 1. The number of amides is 1. The summed E-state index contributed by atoms with van der Waals surface area (Å²) in [5, 5.41) is 19.2. The minimum Gasteiger partial charge on any atom is -0.496 e. The number of fused-ring (bicyclic) bond motifs is 1. The zero-order valence-corrected chi connectivity index (χ0v) is 21.4. The van der Waals surface area contributed by atoms with Crippen LogP contribution >= 0.6 is 0 Å². The number of nitrogens with one attached hydrogen (secondary N) is 3. The fourth-order valence-electron chi connectivity index (χ4n) is 4.12. The fraction of sp³-hybridized carbons (Fsp3) is 0.444. The summed E-state index contributed by atoms with van der Waals surface area (Å²) in [6.07, 6.45) is 7.80. The third-order valence-corrected chi connectivity index (χ3v) is 6.03. The van der Waals surface area contributed by atoms with Gasteiger partial charge in [0.2, 0.25) is 0 Å². The number of hydrogen-bond donors (Lipinski definition) is 3. The molecule has 1 fully saturated rings. The van der Waals surface area contributed by atoms with Gasteiger partial charge in [-0.05, 0) is 68.6 Å². The number of rotatable bonds is 6. The van der Waals surface area contributed by atoms with Crippen LogP contribution in [0.2, 0.25) is 0 Å². The second-order valence-corrected chi connectivity index (χ2v) is 8.55. The molecule has 1 aromatic carbocycles. The predicted molar refractivity (Wildman–Crippen MR) is 140 cm³/mol. The summed E-state index contributed by atoms with van der Waals surface area (Å²) in [5.41, 5.74) is 4.05. The van der Waals surface area contributed by atoms with Gasteiger partial charge in [-0.1, -0.05) is 32.6 Å². The molecule has 1 atom stereocenters. The summed E-state index contributed by atoms with van der Waals surface area (Å²) in [4.78, 5) is 16.9. The molecular weight excluding hydrogens is 426 g/mol. The molecule has 0 aliphatic carbocycles. The fourth-order valence-corrected chi connectivity index (χ4v) is 4.12. The Bertz CT molecular complexity index is 1010. The van der Waals surface area contributed by atoms with Crippen LogP contribution in [0.25, 0.3) is 0 Å². The van der Waals surface area contributed by atoms with Gasteiger partial charge in [-0.15, -0.1) is 0 Å². The Morgan fingerprint density at radius 1 is 1.26 bits per heavy atom. The Kier molecular flexibility index (Phi) is 9.81. The van der Waals surface area contributed by atoms with Crippen LogP contribution in [0.15, 0.2) is 48.2 Å². The van der Waals surface area contributed by atoms with Crippen molar-refractivity contribution >= 4 is 17.6 Å². The summed E-state index contributed by atoms with van der Waals surface area (Å²) < 4.78 is 5.47. The molecule has 0 bridgehead atoms. The van der Waals surface area contributed by atoms with E-state index in [1.807, 2.05) is 39.8 Å². The van der Waals surface area contributed by atoms with E-state index in [1.54, 1.807) is 30.2 Å². The third kappa shape index (κ3) is 6.44. The van der Waals surface area contributed by atoms with E-state index in [2.05, 4.69) is 23.8 Å². The quantitative estimate of drug-likeness (QED) is 0.317. The Morgan fingerprint density at radius 3 is 2.59 bits per heavy atom. The molecule has 1 aromatic rings. The van der Waals surface area contributed by atoms with Gasteiger partial charge in [-0.2, -0.15) is 0 Å². The van der Waals surface area contributed by atoms with Crippen LogP contribution in [0.5, 0.6) is 5.75 Å². The maximum Gasteiger partial charge on any atom is 0.259 e. The second-order valence-electron chi connectivity index (χ2n) is 8.55. The lowest BCUT2D eigenvalue weighted by atomic mass is 9.96. The van der Waals surface area contributed by atoms with Crippen molar-refractivity contribution in [3.63, 3.8) is 0 Å². The van der Waals surface area contributed by atoms with Crippen molar-refractivity contribution in [2.45, 2.75) is 59.5 Å². The predicted octanol–water partition coefficient (Wildman–Crippen LogP) is 4.89. The van der Waals surface area contributed by atoms with E-state index in [4.69, 9.17) is 15.6 Å². The molecule has 2 heterocycles. The van der Waals surface area contributed by atoms with Crippen molar-refractivity contribution in [1.82, 2.24) is 15.1 Å². The summed E-state index contributed by atoms with van der Waals surface area (Å²) in [6.45, 7) is 13.6. The van der Waals surface area contributed by atoms with Crippen molar-refractivity contribution in [2.75, 3.05) is 20.7 Å². The standard InChI is InChI=1S/C25H33N5O2.C2H6/c1-16(24(27)30-18(3)9-10-23(30)26)7-6-8-17(2)28-25(31)21-13-20-15-29(4)12-11-19(20)14-22(21)32-5;1-2/h6-8,13-14,18,26-27H,2,9-12,15H2,1,3-5H3,(H,28,31);1-2H3/b8-6-,16-7+,26-23?,27-24?;. The molecule has 3 rings (SSSR count). The lowest BCUT2D eigenvalue weighted by Gasteiger charge is -2.26. The average Bonchev–Trinajstić information content (AvgIpc) is 3.16. The highest BCUT2D eigenvalue weighted by Crippen LogP contribution is 2.28. The van der Waals surface area contributed by atoms with Crippen LogP contribution < -0.4 is 10.1 Å². The summed E-state index contributed by atoms with van der Waals surface area (Å²) in [6, 6.07) is 4.04. The van der Waals surface area contributed by atoms with E-state index in [-0.39, 0.29) is 11.9 Å². The van der Waals surface area contributed by atoms with Gasteiger partial charge < -0.3 is 19.9 Å². The van der Waals surface area contributed by atoms with Gasteiger partial charge in [0.25, 0.3) is 5.91 Å². The summed E-state index contributed by atoms with van der Waals surface area (Å²) >= 11 is 0. The van der Waals surface area contributed by atoms with Gasteiger partial charge in [0.1, 0.15) is 17.4 Å². The zero-order valence-electron chi connectivity index (χ0n) is 21.4. The van der Waals surface area contributed by atoms with Gasteiger partial charge in [0.15, 0.2) is 0 Å². The van der Waals surface area contributed by atoms with E-state index in [0.29, 0.717) is 35.1 Å². The number of likely N-dealkylation sites (tertiary alicyclic amines) is 1. The van der Waals surface area contributed by atoms with Crippen LogP contribution in [0.3, 0.4) is 0 Å².